The number of Topliss-reactive ketones (excluding diaryl/α,β-unsaturated/α-hetero) is 1. The quantitative estimate of drug-likeness (QED) is 0.0113. The fourth-order valence-electron chi connectivity index (χ4n) is 11.7. The molecule has 2 heterocycles. The lowest BCUT2D eigenvalue weighted by Crippen LogP contribution is -2.62. The summed E-state index contributed by atoms with van der Waals surface area (Å²) in [6, 6.07) is -10.5. The first-order chi connectivity index (χ1) is 54.4. The highest BCUT2D eigenvalue weighted by molar-refractivity contribution is 6.05. The Bertz CT molecular complexity index is 4040. The summed E-state index contributed by atoms with van der Waals surface area (Å²) in [4.78, 5) is 276. The number of cyclic esters (lactones) is 1. The van der Waals surface area contributed by atoms with Crippen LogP contribution in [-0.4, -0.2) is 248 Å². The fourth-order valence-corrected chi connectivity index (χ4v) is 11.7. The average Bonchev–Trinajstić information content (AvgIpc) is 1.72. The third-order valence-corrected chi connectivity index (χ3v) is 17.9. The zero-order valence-corrected chi connectivity index (χ0v) is 63.6. The Morgan fingerprint density at radius 3 is 1.69 bits per heavy atom. The van der Waals surface area contributed by atoms with Crippen LogP contribution in [0.1, 0.15) is 146 Å². The smallest absolute Gasteiger partial charge is 0.329 e. The number of fused-ring (bicyclic) bond motifs is 1. The van der Waals surface area contributed by atoms with Gasteiger partial charge in [-0.25, -0.2) is 4.79 Å². The van der Waals surface area contributed by atoms with Crippen molar-refractivity contribution >= 4 is 135 Å². The minimum Gasteiger partial charge on any atom is -0.481 e. The van der Waals surface area contributed by atoms with Crippen molar-refractivity contribution in [3.8, 4) is 0 Å². The highest BCUT2D eigenvalue weighted by Crippen LogP contribution is 2.22. The number of unbranched alkanes of at least 4 members (excludes halogenated alkanes) is 6. The van der Waals surface area contributed by atoms with Crippen LogP contribution in [0.2, 0.25) is 0 Å². The summed E-state index contributed by atoms with van der Waals surface area (Å²) in [5, 5.41) is 78.7. The largest absolute Gasteiger partial charge is 0.481 e. The summed E-state index contributed by atoms with van der Waals surface area (Å²) in [5.41, 5.74) is 18.1. The molecule has 0 unspecified atom stereocenters. The number of ketones is 1. The lowest BCUT2D eigenvalue weighted by molar-refractivity contribution is -0.156. The number of benzene rings is 2. The Kier molecular flexibility index (Phi) is 39.2. The van der Waals surface area contributed by atoms with Gasteiger partial charge in [-0.05, 0) is 69.3 Å². The van der Waals surface area contributed by atoms with Crippen LogP contribution >= 0.6 is 0 Å². The normalized spacial score (nSPS) is 21.2. The predicted molar refractivity (Wildman–Crippen MR) is 400 cm³/mol. The van der Waals surface area contributed by atoms with E-state index in [1.54, 1.807) is 30.5 Å². The number of aliphatic hydroxyl groups excluding tert-OH is 1. The number of nitrogens with two attached hydrogens (primary N) is 3. The molecule has 4 rings (SSSR count). The van der Waals surface area contributed by atoms with E-state index >= 15 is 0 Å². The maximum Gasteiger partial charge on any atom is 0.329 e. The van der Waals surface area contributed by atoms with E-state index in [0.717, 1.165) is 52.9 Å². The molecule has 1 saturated heterocycles. The molecule has 0 radical (unpaired) electrons. The number of aliphatic hydroxyl groups is 1. The van der Waals surface area contributed by atoms with E-state index in [4.69, 9.17) is 21.9 Å². The SMILES string of the molecule is CCCCCCCCCC(=O)N[C@@H](Cc1c[nH]c2ccccc12)C(=O)N[C@H](CC(N)=O)C(=O)N[C@@H](CC(=O)O)C(=O)N[C@@H]1C(=O)NCC(=O)N[C@@H](CCCN)C(=O)N[C@@H](CC(=O)O)C(=O)N[C@H](C)C(=O)N[C@@H](CC(=O)O)C(=O)NCC(=O)N[C@@H](CO)C(=O)N[C@@H]([C@H](C)CC(=O)O)C(=O)N[C@@H](CC(=O)c2ccccc2N)C(=O)O[C@@H]1C. The van der Waals surface area contributed by atoms with Crippen LogP contribution < -0.4 is 86.3 Å². The zero-order valence-electron chi connectivity index (χ0n) is 63.6. The molecule has 1 aliphatic heterocycles. The second-order valence-corrected chi connectivity index (χ2v) is 27.2. The van der Waals surface area contributed by atoms with Gasteiger partial charge in [0.25, 0.3) is 0 Å². The van der Waals surface area contributed by atoms with Crippen molar-refractivity contribution in [1.82, 2.24) is 74.1 Å². The van der Waals surface area contributed by atoms with Gasteiger partial charge in [-0.1, -0.05) is 82.7 Å². The van der Waals surface area contributed by atoms with Gasteiger partial charge in [-0.15, -0.1) is 0 Å². The highest BCUT2D eigenvalue weighted by atomic mass is 16.5. The van der Waals surface area contributed by atoms with Crippen LogP contribution in [0.5, 0.6) is 0 Å². The van der Waals surface area contributed by atoms with E-state index in [9.17, 15) is 121 Å². The fraction of sp³-hybridized carbons (Fsp3) is 0.528. The van der Waals surface area contributed by atoms with Gasteiger partial charge >= 0.3 is 29.8 Å². The summed E-state index contributed by atoms with van der Waals surface area (Å²) in [7, 11) is 0. The van der Waals surface area contributed by atoms with Crippen LogP contribution in [-0.2, 0) is 102 Å². The number of carbonyl (C=O) groups excluding carboxylic acids is 16. The summed E-state index contributed by atoms with van der Waals surface area (Å²) in [6.07, 6.45) is -2.33. The van der Waals surface area contributed by atoms with Crippen molar-refractivity contribution in [2.24, 2.45) is 17.4 Å². The molecule has 0 aliphatic carbocycles. The van der Waals surface area contributed by atoms with Crippen molar-refractivity contribution in [2.75, 3.05) is 32.0 Å². The molecule has 1 aliphatic rings. The molecule has 1 aromatic heterocycles. The highest BCUT2D eigenvalue weighted by Gasteiger charge is 2.41. The number of aliphatic carboxylic acids is 4. The molecule has 14 amide bonds. The van der Waals surface area contributed by atoms with Gasteiger partial charge in [0.15, 0.2) is 5.78 Å². The molecule has 25 N–H and O–H groups in total. The molecule has 13 atom stereocenters. The van der Waals surface area contributed by atoms with Crippen molar-refractivity contribution in [2.45, 2.75) is 209 Å². The number of hydrogen-bond donors (Lipinski definition) is 22. The minimum atomic E-state index is -2.45. The first-order valence-electron chi connectivity index (χ1n) is 36.8. The molecule has 630 valence electrons. The number of primary amides is 1. The number of carboxylic acid groups (broad SMARTS) is 4. The van der Waals surface area contributed by atoms with Gasteiger partial charge in [0, 0.05) is 47.6 Å². The molecular weight excluding hydrogens is 1520 g/mol. The Balaban J connectivity index is 1.87. The number of amides is 14. The number of carboxylic acids is 4. The maximum absolute atomic E-state index is 14.8. The van der Waals surface area contributed by atoms with E-state index < -0.39 is 261 Å². The molecule has 43 heteroatoms. The summed E-state index contributed by atoms with van der Waals surface area (Å²) < 4.78 is 5.68. The predicted octanol–water partition coefficient (Wildman–Crippen LogP) is -5.62. The monoisotopic (exact) mass is 1620 g/mol. The molecule has 2 aromatic carbocycles. The number of anilines is 1. The van der Waals surface area contributed by atoms with Crippen LogP contribution in [0, 0.1) is 5.92 Å². The van der Waals surface area contributed by atoms with Crippen molar-refractivity contribution < 1.29 is 126 Å². The zero-order chi connectivity index (χ0) is 85.8. The summed E-state index contributed by atoms with van der Waals surface area (Å²) in [5.74, 6) is -29.7. The Hall–Kier alpha value is -12.7. The molecule has 0 spiro atoms. The van der Waals surface area contributed by atoms with Crippen molar-refractivity contribution in [3.05, 3.63) is 65.9 Å². The number of para-hydroxylation sites is 2. The maximum atomic E-state index is 14.8. The lowest BCUT2D eigenvalue weighted by atomic mass is 9.96. The molecule has 0 bridgehead atoms. The summed E-state index contributed by atoms with van der Waals surface area (Å²) in [6.45, 7) is 1.11. The molecule has 0 saturated carbocycles. The first-order valence-corrected chi connectivity index (χ1v) is 36.8. The van der Waals surface area contributed by atoms with E-state index in [-0.39, 0.29) is 37.1 Å². The lowest BCUT2D eigenvalue weighted by Gasteiger charge is -2.30. The second kappa shape index (κ2) is 47.6. The number of esters is 1. The first kappa shape index (κ1) is 94.7. The minimum absolute atomic E-state index is 0.0186. The van der Waals surface area contributed by atoms with E-state index in [1.807, 2.05) is 16.0 Å². The van der Waals surface area contributed by atoms with Gasteiger partial charge in [-0.3, -0.25) is 91.1 Å². The van der Waals surface area contributed by atoms with Gasteiger partial charge in [-0.2, -0.15) is 0 Å². The standard InChI is InChI=1S/C72H101N17O26/c1-5-6-7-8-9-10-11-22-53(93)81-44(25-38-31-76-42-20-15-13-17-39(38)42)66(108)84-45(27-52(75)92)67(109)86-48(30-59(102)103)68(110)89-61-37(4)115-72(114)49(26-51(91)40-18-12-14-19-41(40)74)87-71(113)60(35(2)24-56(96)97)88-69(111)50(34-90)82-55(95)32-77-63(105)46(28-57(98)99)83-62(104)36(3)79-65(107)47(29-58(100)101)85-64(106)43(21-16-23-73)80-54(94)33-78-70(61)112/h12-15,17-20,31,35-37,43-50,60-61,76,90H,5-11,16,21-30,32-34,73-74H2,1-4H3,(H2,75,92)(H,77,105)(H,78,112)(H,79,107)(H,80,94)(H,81,93)(H,82,95)(H,83,104)(H,84,108)(H,85,106)(H,86,109)(H,87,113)(H,88,111)(H,89,110)(H,96,97)(H,98,99)(H,100,101)(H,102,103)/t35-,36-,37-,43+,44+,45-,46+,47+,48+,49+,50+,60+,61+/m1/s1. The molecule has 3 aromatic rings. The van der Waals surface area contributed by atoms with E-state index in [0.29, 0.717) is 29.3 Å². The number of carbonyl (C=O) groups is 20. The third kappa shape index (κ3) is 32.5. The number of rotatable bonds is 35. The average molecular weight is 1620 g/mol. The number of hydrogen-bond acceptors (Lipinski definition) is 24. The van der Waals surface area contributed by atoms with Gasteiger partial charge in [0.05, 0.1) is 51.8 Å². The number of ether oxygens (including phenoxy) is 1. The Labute approximate surface area is 657 Å². The molecule has 115 heavy (non-hydrogen) atoms. The topological polar surface area (TPSA) is 702 Å². The van der Waals surface area contributed by atoms with Crippen molar-refractivity contribution in [1.29, 1.82) is 0 Å². The second-order valence-electron chi connectivity index (χ2n) is 27.2. The van der Waals surface area contributed by atoms with Gasteiger partial charge in [0.1, 0.15) is 72.6 Å². The van der Waals surface area contributed by atoms with E-state index in [2.05, 4.69) is 65.1 Å². The van der Waals surface area contributed by atoms with Crippen LogP contribution in [0.3, 0.4) is 0 Å². The van der Waals surface area contributed by atoms with E-state index in [1.165, 1.54) is 24.3 Å². The van der Waals surface area contributed by atoms with Crippen molar-refractivity contribution in [3.63, 3.8) is 0 Å². The number of aromatic nitrogens is 1. The Morgan fingerprint density at radius 2 is 1.09 bits per heavy atom. The van der Waals surface area contributed by atoms with Crippen LogP contribution in [0.15, 0.2) is 54.7 Å². The number of nitrogens with one attached hydrogen (secondary N) is 14. The van der Waals surface area contributed by atoms with Gasteiger partial charge in [0.2, 0.25) is 82.7 Å². The van der Waals surface area contributed by atoms with Gasteiger partial charge < -0.3 is 122 Å². The number of nitrogen functional groups attached to an aromatic ring is 1. The third-order valence-electron chi connectivity index (χ3n) is 17.9. The number of H-pyrrole nitrogens is 1. The molecule has 1 fully saturated rings. The number of aromatic amines is 1. The van der Waals surface area contributed by atoms with Crippen LogP contribution in [0.4, 0.5) is 5.69 Å². The van der Waals surface area contributed by atoms with Crippen LogP contribution in [0.25, 0.3) is 10.9 Å². The molecular formula is C72H101N17O26. The summed E-state index contributed by atoms with van der Waals surface area (Å²) >= 11 is 0. The Morgan fingerprint density at radius 1 is 0.548 bits per heavy atom. The molecule has 43 nitrogen and oxygen atoms in total.